The van der Waals surface area contributed by atoms with E-state index in [9.17, 15) is 4.79 Å². The molecule has 1 N–H and O–H groups in total. The molecule has 10 heteroatoms. The predicted octanol–water partition coefficient (Wildman–Crippen LogP) is 6.15. The molecule has 5 rings (SSSR count). The largest absolute Gasteiger partial charge is 0.497 e. The number of hydrogen-bond donors (Lipinski definition) is 1. The molecule has 0 fully saturated rings. The van der Waals surface area contributed by atoms with Gasteiger partial charge in [0.15, 0.2) is 5.69 Å². The number of hydrogen-bond acceptors (Lipinski definition) is 8. The maximum Gasteiger partial charge on any atom is 0.301 e. The zero-order valence-corrected chi connectivity index (χ0v) is 19.4. The molecule has 3 aromatic heterocycles. The Balaban J connectivity index is 1.62. The summed E-state index contributed by atoms with van der Waals surface area (Å²) in [6.45, 7) is 1.88. The lowest BCUT2D eigenvalue weighted by Gasteiger charge is -2.03. The molecule has 0 radical (unpaired) electrons. The number of benzene rings is 2. The van der Waals surface area contributed by atoms with Crippen LogP contribution in [0.15, 0.2) is 80.4 Å². The van der Waals surface area contributed by atoms with Crippen LogP contribution in [0.4, 0.5) is 10.8 Å². The van der Waals surface area contributed by atoms with Crippen molar-refractivity contribution < 1.29 is 4.74 Å². The van der Waals surface area contributed by atoms with E-state index >= 15 is 0 Å². The van der Waals surface area contributed by atoms with Crippen molar-refractivity contribution in [3.8, 4) is 33.4 Å². The summed E-state index contributed by atoms with van der Waals surface area (Å²) in [4.78, 5) is 22.3. The van der Waals surface area contributed by atoms with E-state index in [2.05, 4.69) is 25.3 Å². The minimum Gasteiger partial charge on any atom is -0.497 e. The lowest BCUT2D eigenvalue weighted by atomic mass is 10.1. The van der Waals surface area contributed by atoms with Crippen LogP contribution < -0.4 is 10.3 Å². The smallest absolute Gasteiger partial charge is 0.301 e. The molecule has 8 nitrogen and oxygen atoms in total. The highest BCUT2D eigenvalue weighted by molar-refractivity contribution is 7.13. The molecule has 5 aromatic rings. The van der Waals surface area contributed by atoms with Crippen LogP contribution in [0.2, 0.25) is 0 Å². The van der Waals surface area contributed by atoms with Crippen molar-refractivity contribution in [2.24, 2.45) is 10.2 Å². The number of rotatable bonds is 6. The Labute approximate surface area is 196 Å². The number of aryl methyl sites for hydroxylation is 1. The molecular formula is C23H18N6O2S2. The molecular weight excluding hydrogens is 456 g/mol. The summed E-state index contributed by atoms with van der Waals surface area (Å²) in [7, 11) is 1.60. The van der Waals surface area contributed by atoms with Crippen molar-refractivity contribution in [1.29, 1.82) is 0 Å². The zero-order chi connectivity index (χ0) is 22.8. The van der Waals surface area contributed by atoms with Gasteiger partial charge in [-0.2, -0.15) is 4.68 Å². The Morgan fingerprint density at radius 3 is 2.55 bits per heavy atom. The standard InChI is InChI=1S/C23H18N6O2S2/c1-14-12-32-22(24-14)27-26-20-19(16-9-6-10-17(11-16)31-2)28-29(21(20)30)23-25-18(13-33-23)15-7-4-3-5-8-15/h3-13,28H,1-2H3. The van der Waals surface area contributed by atoms with E-state index in [1.807, 2.05) is 72.3 Å². The van der Waals surface area contributed by atoms with Gasteiger partial charge in [0.25, 0.3) is 0 Å². The number of thiazole rings is 2. The van der Waals surface area contributed by atoms with Crippen LogP contribution in [0.3, 0.4) is 0 Å². The van der Waals surface area contributed by atoms with E-state index in [0.29, 0.717) is 21.7 Å². The number of H-pyrrole nitrogens is 1. The van der Waals surface area contributed by atoms with Crippen molar-refractivity contribution in [2.45, 2.75) is 6.92 Å². The van der Waals surface area contributed by atoms with Crippen LogP contribution in [-0.2, 0) is 0 Å². The fourth-order valence-electron chi connectivity index (χ4n) is 3.22. The molecule has 0 bridgehead atoms. The van der Waals surface area contributed by atoms with Crippen LogP contribution in [0.25, 0.3) is 27.6 Å². The van der Waals surface area contributed by atoms with Crippen LogP contribution in [-0.4, -0.2) is 26.9 Å². The summed E-state index contributed by atoms with van der Waals surface area (Å²) < 4.78 is 6.75. The van der Waals surface area contributed by atoms with Gasteiger partial charge < -0.3 is 4.74 Å². The third-order valence-electron chi connectivity index (χ3n) is 4.82. The first kappa shape index (κ1) is 21.0. The summed E-state index contributed by atoms with van der Waals surface area (Å²) >= 11 is 2.73. The van der Waals surface area contributed by atoms with Gasteiger partial charge in [-0.05, 0) is 19.1 Å². The predicted molar refractivity (Wildman–Crippen MR) is 131 cm³/mol. The molecule has 3 heterocycles. The topological polar surface area (TPSA) is 97.5 Å². The molecule has 0 unspecified atom stereocenters. The van der Waals surface area contributed by atoms with Crippen molar-refractivity contribution in [3.05, 3.63) is 81.4 Å². The maximum atomic E-state index is 13.4. The number of nitrogens with zero attached hydrogens (tertiary/aromatic N) is 5. The molecule has 2 aromatic carbocycles. The average Bonchev–Trinajstić information content (AvgIpc) is 3.57. The first-order valence-corrected chi connectivity index (χ1v) is 11.7. The summed E-state index contributed by atoms with van der Waals surface area (Å²) in [5.41, 5.74) is 3.71. The summed E-state index contributed by atoms with van der Waals surface area (Å²) in [5, 5.41) is 16.4. The third-order valence-corrected chi connectivity index (χ3v) is 6.49. The SMILES string of the molecule is COc1cccc(-c2[nH]n(-c3nc(-c4ccccc4)cs3)c(=O)c2N=Nc2nc(C)cs2)c1. The molecule has 0 atom stereocenters. The van der Waals surface area contributed by atoms with E-state index in [1.54, 1.807) is 7.11 Å². The minimum atomic E-state index is -0.348. The molecule has 0 saturated carbocycles. The van der Waals surface area contributed by atoms with Gasteiger partial charge in [-0.25, -0.2) is 9.97 Å². The fraction of sp³-hybridized carbons (Fsp3) is 0.0870. The lowest BCUT2D eigenvalue weighted by molar-refractivity contribution is 0.415. The first-order valence-electron chi connectivity index (χ1n) is 9.97. The molecule has 0 saturated heterocycles. The van der Waals surface area contributed by atoms with Gasteiger partial charge in [-0.1, -0.05) is 42.5 Å². The Hall–Kier alpha value is -3.89. The third kappa shape index (κ3) is 4.26. The van der Waals surface area contributed by atoms with E-state index in [0.717, 1.165) is 22.5 Å². The Morgan fingerprint density at radius 1 is 0.970 bits per heavy atom. The second kappa shape index (κ2) is 8.93. The minimum absolute atomic E-state index is 0.174. The number of methoxy groups -OCH3 is 1. The zero-order valence-electron chi connectivity index (χ0n) is 17.7. The normalized spacial score (nSPS) is 11.3. The van der Waals surface area contributed by atoms with Crippen molar-refractivity contribution in [1.82, 2.24) is 19.7 Å². The lowest BCUT2D eigenvalue weighted by Crippen LogP contribution is -2.13. The number of ether oxygens (including phenoxy) is 1. The van der Waals surface area contributed by atoms with Gasteiger partial charge in [0.1, 0.15) is 5.75 Å². The highest BCUT2D eigenvalue weighted by Crippen LogP contribution is 2.32. The molecule has 0 aliphatic carbocycles. The Bertz CT molecular complexity index is 1500. The fourth-order valence-corrected chi connectivity index (χ4v) is 4.63. The molecule has 0 spiro atoms. The van der Waals surface area contributed by atoms with Crippen molar-refractivity contribution in [3.63, 3.8) is 0 Å². The van der Waals surface area contributed by atoms with Gasteiger partial charge in [-0.15, -0.1) is 32.9 Å². The van der Waals surface area contributed by atoms with Crippen molar-refractivity contribution in [2.75, 3.05) is 7.11 Å². The second-order valence-corrected chi connectivity index (χ2v) is 8.73. The van der Waals surface area contributed by atoms with Gasteiger partial charge >= 0.3 is 5.56 Å². The molecule has 33 heavy (non-hydrogen) atoms. The molecule has 164 valence electrons. The highest BCUT2D eigenvalue weighted by Gasteiger charge is 2.19. The van der Waals surface area contributed by atoms with Crippen LogP contribution in [0.1, 0.15) is 5.69 Å². The van der Waals surface area contributed by atoms with Crippen LogP contribution >= 0.6 is 22.7 Å². The van der Waals surface area contributed by atoms with Gasteiger partial charge in [0.2, 0.25) is 10.3 Å². The molecule has 0 aliphatic heterocycles. The van der Waals surface area contributed by atoms with Gasteiger partial charge in [0.05, 0.1) is 24.2 Å². The van der Waals surface area contributed by atoms with E-state index < -0.39 is 0 Å². The second-order valence-electron chi connectivity index (χ2n) is 7.06. The number of aromatic amines is 1. The Kier molecular flexibility index (Phi) is 5.68. The quantitative estimate of drug-likeness (QED) is 0.299. The first-order chi connectivity index (χ1) is 16.1. The number of aromatic nitrogens is 4. The average molecular weight is 475 g/mol. The van der Waals surface area contributed by atoms with Crippen molar-refractivity contribution >= 4 is 33.5 Å². The van der Waals surface area contributed by atoms with Gasteiger partial charge in [0, 0.05) is 21.9 Å². The van der Waals surface area contributed by atoms with Crippen LogP contribution in [0, 0.1) is 6.92 Å². The molecule has 0 amide bonds. The highest BCUT2D eigenvalue weighted by atomic mass is 32.1. The number of nitrogens with one attached hydrogen (secondary N) is 1. The number of azo groups is 1. The maximum absolute atomic E-state index is 13.4. The monoisotopic (exact) mass is 474 g/mol. The molecule has 0 aliphatic rings. The summed E-state index contributed by atoms with van der Waals surface area (Å²) in [6, 6.07) is 17.2. The summed E-state index contributed by atoms with van der Waals surface area (Å²) in [6.07, 6.45) is 0. The Morgan fingerprint density at radius 2 is 1.79 bits per heavy atom. The van der Waals surface area contributed by atoms with E-state index in [1.165, 1.54) is 27.4 Å². The van der Waals surface area contributed by atoms with Gasteiger partial charge in [-0.3, -0.25) is 9.89 Å². The van der Waals surface area contributed by atoms with E-state index in [4.69, 9.17) is 4.74 Å². The van der Waals surface area contributed by atoms with E-state index in [-0.39, 0.29) is 11.2 Å². The van der Waals surface area contributed by atoms with Crippen LogP contribution in [0.5, 0.6) is 5.75 Å². The summed E-state index contributed by atoms with van der Waals surface area (Å²) in [5.74, 6) is 0.667.